The third-order valence-corrected chi connectivity index (χ3v) is 4.77. The summed E-state index contributed by atoms with van der Waals surface area (Å²) in [6, 6.07) is 11.9. The molecule has 5 heteroatoms. The first-order chi connectivity index (χ1) is 12.4. The van der Waals surface area contributed by atoms with Gasteiger partial charge < -0.3 is 14.8 Å². The first-order valence-corrected chi connectivity index (χ1v) is 9.55. The molecule has 140 valence electrons. The van der Waals surface area contributed by atoms with Crippen LogP contribution in [0.25, 0.3) is 0 Å². The number of amides is 1. The molecule has 2 rings (SSSR count). The van der Waals surface area contributed by atoms with E-state index in [2.05, 4.69) is 42.0 Å². The lowest BCUT2D eigenvalue weighted by Gasteiger charge is -2.12. The molecule has 2 aromatic rings. The number of carbonyl (C=O) groups is 1. The van der Waals surface area contributed by atoms with Crippen LogP contribution in [0.4, 0.5) is 0 Å². The lowest BCUT2D eigenvalue weighted by molar-refractivity contribution is -0.123. The van der Waals surface area contributed by atoms with E-state index in [0.717, 1.165) is 10.2 Å². The van der Waals surface area contributed by atoms with Crippen molar-refractivity contribution in [2.45, 2.75) is 33.6 Å². The van der Waals surface area contributed by atoms with Crippen molar-refractivity contribution < 1.29 is 14.3 Å². The Morgan fingerprint density at radius 1 is 1.08 bits per heavy atom. The number of hydrogen-bond acceptors (Lipinski definition) is 3. The van der Waals surface area contributed by atoms with Gasteiger partial charge in [-0.2, -0.15) is 0 Å². The van der Waals surface area contributed by atoms with Crippen LogP contribution in [0.1, 0.15) is 36.5 Å². The molecule has 2 aromatic carbocycles. The van der Waals surface area contributed by atoms with Crippen LogP contribution in [0.2, 0.25) is 0 Å². The molecule has 0 aromatic heterocycles. The first-order valence-electron chi connectivity index (χ1n) is 8.76. The van der Waals surface area contributed by atoms with Crippen LogP contribution in [0.5, 0.6) is 11.5 Å². The van der Waals surface area contributed by atoms with E-state index in [0.29, 0.717) is 24.8 Å². The van der Waals surface area contributed by atoms with Crippen LogP contribution in [0, 0.1) is 13.8 Å². The van der Waals surface area contributed by atoms with Crippen molar-refractivity contribution in [3.8, 4) is 11.5 Å². The summed E-state index contributed by atoms with van der Waals surface area (Å²) in [6.07, 6.45) is 0. The summed E-state index contributed by atoms with van der Waals surface area (Å²) < 4.78 is 12.1. The standard InChI is InChI=1S/C21H26BrNO3/c1-14(2)17-6-8-20(19(22)12-17)26-13-21(24)23-9-10-25-18-7-5-15(3)16(4)11-18/h5-8,11-12,14H,9-10,13H2,1-4H3,(H,23,24). The SMILES string of the molecule is Cc1ccc(OCCNC(=O)COc2ccc(C(C)C)cc2Br)cc1C. The fraction of sp³-hybridized carbons (Fsp3) is 0.381. The van der Waals surface area contributed by atoms with Crippen LogP contribution in [0.15, 0.2) is 40.9 Å². The number of aryl methyl sites for hydroxylation is 2. The van der Waals surface area contributed by atoms with E-state index < -0.39 is 0 Å². The third kappa shape index (κ3) is 6.06. The van der Waals surface area contributed by atoms with Gasteiger partial charge in [-0.1, -0.05) is 26.0 Å². The lowest BCUT2D eigenvalue weighted by Crippen LogP contribution is -2.32. The van der Waals surface area contributed by atoms with Crippen molar-refractivity contribution in [1.29, 1.82) is 0 Å². The molecule has 0 unspecified atom stereocenters. The van der Waals surface area contributed by atoms with Gasteiger partial charge in [0, 0.05) is 0 Å². The monoisotopic (exact) mass is 419 g/mol. The van der Waals surface area contributed by atoms with Gasteiger partial charge in [0.1, 0.15) is 18.1 Å². The maximum atomic E-state index is 11.9. The summed E-state index contributed by atoms with van der Waals surface area (Å²) in [5.74, 6) is 1.75. The number of rotatable bonds is 8. The number of ether oxygens (including phenoxy) is 2. The van der Waals surface area contributed by atoms with Gasteiger partial charge in [-0.25, -0.2) is 0 Å². The molecule has 0 saturated carbocycles. The lowest BCUT2D eigenvalue weighted by atomic mass is 10.0. The third-order valence-electron chi connectivity index (χ3n) is 4.15. The highest BCUT2D eigenvalue weighted by molar-refractivity contribution is 9.10. The Kier molecular flexibility index (Phi) is 7.51. The normalized spacial score (nSPS) is 10.7. The van der Waals surface area contributed by atoms with E-state index >= 15 is 0 Å². The maximum absolute atomic E-state index is 11.9. The van der Waals surface area contributed by atoms with Crippen molar-refractivity contribution in [2.75, 3.05) is 19.8 Å². The molecule has 0 aliphatic carbocycles. The fourth-order valence-electron chi connectivity index (χ4n) is 2.35. The summed E-state index contributed by atoms with van der Waals surface area (Å²) in [7, 11) is 0. The Hall–Kier alpha value is -2.01. The van der Waals surface area contributed by atoms with Gasteiger partial charge >= 0.3 is 0 Å². The van der Waals surface area contributed by atoms with Crippen LogP contribution in [0.3, 0.4) is 0 Å². The van der Waals surface area contributed by atoms with Gasteiger partial charge in [0.05, 0.1) is 11.0 Å². The first kappa shape index (κ1) is 20.3. The highest BCUT2D eigenvalue weighted by Gasteiger charge is 2.08. The van der Waals surface area contributed by atoms with Crippen molar-refractivity contribution in [2.24, 2.45) is 0 Å². The second-order valence-electron chi connectivity index (χ2n) is 6.58. The van der Waals surface area contributed by atoms with Crippen molar-refractivity contribution in [1.82, 2.24) is 5.32 Å². The summed E-state index contributed by atoms with van der Waals surface area (Å²) in [5.41, 5.74) is 3.64. The molecule has 0 aliphatic rings. The summed E-state index contributed by atoms with van der Waals surface area (Å²) >= 11 is 3.49. The number of nitrogens with one attached hydrogen (secondary N) is 1. The average molecular weight is 420 g/mol. The average Bonchev–Trinajstić information content (AvgIpc) is 2.60. The van der Waals surface area contributed by atoms with E-state index in [1.165, 1.54) is 16.7 Å². The quantitative estimate of drug-likeness (QED) is 0.627. The molecule has 0 aliphatic heterocycles. The molecule has 4 nitrogen and oxygen atoms in total. The van der Waals surface area contributed by atoms with Crippen molar-refractivity contribution in [3.05, 3.63) is 57.6 Å². The minimum absolute atomic E-state index is 0.0245. The molecule has 0 heterocycles. The molecular weight excluding hydrogens is 394 g/mol. The van der Waals surface area contributed by atoms with Crippen LogP contribution < -0.4 is 14.8 Å². The maximum Gasteiger partial charge on any atom is 0.258 e. The van der Waals surface area contributed by atoms with Gasteiger partial charge in [0.15, 0.2) is 6.61 Å². The van der Waals surface area contributed by atoms with Gasteiger partial charge in [0.2, 0.25) is 0 Å². The Balaban J connectivity index is 1.71. The van der Waals surface area contributed by atoms with E-state index in [4.69, 9.17) is 9.47 Å². The van der Waals surface area contributed by atoms with Crippen LogP contribution in [-0.2, 0) is 4.79 Å². The Bertz CT molecular complexity index is 759. The summed E-state index contributed by atoms with van der Waals surface area (Å²) in [6.45, 7) is 9.21. The molecule has 0 atom stereocenters. The van der Waals surface area contributed by atoms with Crippen molar-refractivity contribution in [3.63, 3.8) is 0 Å². The predicted octanol–water partition coefficient (Wildman–Crippen LogP) is 4.76. The topological polar surface area (TPSA) is 47.6 Å². The molecule has 26 heavy (non-hydrogen) atoms. The molecular formula is C21H26BrNO3. The van der Waals surface area contributed by atoms with E-state index in [-0.39, 0.29) is 12.5 Å². The van der Waals surface area contributed by atoms with Crippen LogP contribution >= 0.6 is 15.9 Å². The van der Waals surface area contributed by atoms with E-state index in [9.17, 15) is 4.79 Å². The summed E-state index contributed by atoms with van der Waals surface area (Å²) in [4.78, 5) is 11.9. The number of hydrogen-bond donors (Lipinski definition) is 1. The minimum atomic E-state index is -0.173. The summed E-state index contributed by atoms with van der Waals surface area (Å²) in [5, 5.41) is 2.79. The molecule has 0 saturated heterocycles. The molecule has 0 fully saturated rings. The largest absolute Gasteiger partial charge is 0.492 e. The Morgan fingerprint density at radius 2 is 1.85 bits per heavy atom. The fourth-order valence-corrected chi connectivity index (χ4v) is 2.86. The van der Waals surface area contributed by atoms with Crippen molar-refractivity contribution >= 4 is 21.8 Å². The predicted molar refractivity (Wildman–Crippen MR) is 108 cm³/mol. The number of halogens is 1. The van der Waals surface area contributed by atoms with E-state index in [1.807, 2.05) is 43.3 Å². The molecule has 0 bridgehead atoms. The molecule has 1 amide bonds. The highest BCUT2D eigenvalue weighted by atomic mass is 79.9. The molecule has 0 spiro atoms. The zero-order valence-corrected chi connectivity index (χ0v) is 17.4. The van der Waals surface area contributed by atoms with E-state index in [1.54, 1.807) is 0 Å². The molecule has 0 radical (unpaired) electrons. The Labute approximate surface area is 164 Å². The van der Waals surface area contributed by atoms with Gasteiger partial charge in [-0.3, -0.25) is 4.79 Å². The second-order valence-corrected chi connectivity index (χ2v) is 7.43. The Morgan fingerprint density at radius 3 is 2.50 bits per heavy atom. The van der Waals surface area contributed by atoms with Crippen LogP contribution in [-0.4, -0.2) is 25.7 Å². The van der Waals surface area contributed by atoms with Gasteiger partial charge in [-0.15, -0.1) is 0 Å². The number of carbonyl (C=O) groups excluding carboxylic acids is 1. The minimum Gasteiger partial charge on any atom is -0.492 e. The molecule has 1 N–H and O–H groups in total. The number of benzene rings is 2. The zero-order chi connectivity index (χ0) is 19.1. The highest BCUT2D eigenvalue weighted by Crippen LogP contribution is 2.28. The zero-order valence-electron chi connectivity index (χ0n) is 15.8. The second kappa shape index (κ2) is 9.62. The van der Waals surface area contributed by atoms with Gasteiger partial charge in [0.25, 0.3) is 5.91 Å². The smallest absolute Gasteiger partial charge is 0.258 e. The van der Waals surface area contributed by atoms with Gasteiger partial charge in [-0.05, 0) is 76.7 Å².